The van der Waals surface area contributed by atoms with E-state index in [0.717, 1.165) is 6.42 Å². The molecule has 1 fully saturated rings. The van der Waals surface area contributed by atoms with E-state index < -0.39 is 0 Å². The van der Waals surface area contributed by atoms with Crippen LogP contribution in [0.4, 0.5) is 0 Å². The Hall–Kier alpha value is -0.610. The van der Waals surface area contributed by atoms with Gasteiger partial charge in [-0.25, -0.2) is 5.84 Å². The van der Waals surface area contributed by atoms with Crippen LogP contribution in [0.2, 0.25) is 0 Å². The van der Waals surface area contributed by atoms with Crippen LogP contribution in [0.3, 0.4) is 0 Å². The summed E-state index contributed by atoms with van der Waals surface area (Å²) in [5.74, 6) is 5.43. The minimum atomic E-state index is -0.159. The zero-order valence-corrected chi connectivity index (χ0v) is 8.79. The molecule has 3 N–H and O–H groups in total. The highest BCUT2D eigenvalue weighted by molar-refractivity contribution is 5.75. The molecule has 0 aromatic carbocycles. The van der Waals surface area contributed by atoms with Crippen LogP contribution in [-0.4, -0.2) is 18.6 Å². The van der Waals surface area contributed by atoms with E-state index in [9.17, 15) is 4.79 Å². The molecule has 0 aromatic heterocycles. The summed E-state index contributed by atoms with van der Waals surface area (Å²) in [6, 6.07) is 0. The van der Waals surface area contributed by atoms with E-state index in [1.807, 2.05) is 0 Å². The van der Waals surface area contributed by atoms with Crippen molar-refractivity contribution >= 4 is 5.91 Å². The topological polar surface area (TPSA) is 64.3 Å². The number of hydrogen-bond donors (Lipinski definition) is 2. The van der Waals surface area contributed by atoms with E-state index >= 15 is 0 Å². The van der Waals surface area contributed by atoms with Gasteiger partial charge in [0.2, 0.25) is 5.91 Å². The summed E-state index contributed by atoms with van der Waals surface area (Å²) < 4.78 is 5.65. The molecular formula is C10H20N2O2. The number of carbonyl (C=O) groups is 1. The Bertz CT molecular complexity index is 185. The predicted molar refractivity (Wildman–Crippen MR) is 54.3 cm³/mol. The second-order valence-corrected chi connectivity index (χ2v) is 3.99. The summed E-state index contributed by atoms with van der Waals surface area (Å²) in [5, 5.41) is 0. The molecule has 4 heteroatoms. The van der Waals surface area contributed by atoms with Gasteiger partial charge in [-0.15, -0.1) is 0 Å². The normalized spacial score (nSPS) is 27.3. The summed E-state index contributed by atoms with van der Waals surface area (Å²) in [6.45, 7) is 2.70. The number of nitrogens with one attached hydrogen (secondary N) is 1. The van der Waals surface area contributed by atoms with Crippen LogP contribution in [0.1, 0.15) is 39.0 Å². The van der Waals surface area contributed by atoms with Gasteiger partial charge in [0.25, 0.3) is 0 Å². The first-order chi connectivity index (χ1) is 6.74. The molecule has 14 heavy (non-hydrogen) atoms. The molecule has 82 valence electrons. The highest BCUT2D eigenvalue weighted by Crippen LogP contribution is 2.26. The molecule has 2 atom stereocenters. The highest BCUT2D eigenvalue weighted by Gasteiger charge is 2.21. The van der Waals surface area contributed by atoms with Gasteiger partial charge in [0.05, 0.1) is 19.1 Å². The molecule has 0 aliphatic heterocycles. The molecule has 1 rings (SSSR count). The third-order valence-corrected chi connectivity index (χ3v) is 2.85. The first-order valence-electron chi connectivity index (χ1n) is 5.35. The number of carbonyl (C=O) groups excluding carboxylic acids is 1. The van der Waals surface area contributed by atoms with Crippen LogP contribution in [-0.2, 0) is 9.53 Å². The Morgan fingerprint density at radius 1 is 1.50 bits per heavy atom. The van der Waals surface area contributed by atoms with E-state index in [-0.39, 0.29) is 5.91 Å². The minimum absolute atomic E-state index is 0.159. The molecule has 0 saturated heterocycles. The lowest BCUT2D eigenvalue weighted by Crippen LogP contribution is -2.32. The Balaban J connectivity index is 2.13. The second kappa shape index (κ2) is 5.98. The van der Waals surface area contributed by atoms with E-state index in [4.69, 9.17) is 10.6 Å². The first-order valence-corrected chi connectivity index (χ1v) is 5.35. The summed E-state index contributed by atoms with van der Waals surface area (Å²) in [7, 11) is 0. The smallest absolute Gasteiger partial charge is 0.236 e. The van der Waals surface area contributed by atoms with Crippen LogP contribution >= 0.6 is 0 Å². The monoisotopic (exact) mass is 200 g/mol. The Morgan fingerprint density at radius 3 is 2.86 bits per heavy atom. The summed E-state index contributed by atoms with van der Waals surface area (Å²) in [4.78, 5) is 10.8. The van der Waals surface area contributed by atoms with Crippen LogP contribution in [0.15, 0.2) is 0 Å². The maximum absolute atomic E-state index is 10.8. The molecule has 1 aliphatic carbocycles. The fourth-order valence-corrected chi connectivity index (χ4v) is 1.91. The molecular weight excluding hydrogens is 180 g/mol. The predicted octanol–water partition coefficient (Wildman–Crippen LogP) is 0.962. The van der Waals surface area contributed by atoms with E-state index in [1.54, 1.807) is 0 Å². The minimum Gasteiger partial charge on any atom is -0.377 e. The van der Waals surface area contributed by atoms with Crippen LogP contribution < -0.4 is 11.3 Å². The fraction of sp³-hybridized carbons (Fsp3) is 0.900. The Labute approximate surface area is 85.2 Å². The molecule has 0 spiro atoms. The number of amides is 1. The van der Waals surface area contributed by atoms with Crippen molar-refractivity contribution in [2.75, 3.05) is 6.61 Å². The summed E-state index contributed by atoms with van der Waals surface area (Å²) in [5.41, 5.74) is 2.09. The molecule has 1 saturated carbocycles. The standard InChI is InChI=1S/C10H20N2O2/c1-8-4-2-3-5-9(8)14-7-6-10(13)12-11/h8-9H,2-7,11H2,1H3,(H,12,13). The zero-order chi connectivity index (χ0) is 10.4. The summed E-state index contributed by atoms with van der Waals surface area (Å²) in [6.07, 6.45) is 5.63. The number of rotatable bonds is 4. The molecule has 4 nitrogen and oxygen atoms in total. The highest BCUT2D eigenvalue weighted by atomic mass is 16.5. The fourth-order valence-electron chi connectivity index (χ4n) is 1.91. The van der Waals surface area contributed by atoms with Gasteiger partial charge < -0.3 is 4.74 Å². The van der Waals surface area contributed by atoms with Crippen molar-refractivity contribution in [3.63, 3.8) is 0 Å². The first kappa shape index (κ1) is 11.5. The summed E-state index contributed by atoms with van der Waals surface area (Å²) >= 11 is 0. The maximum atomic E-state index is 10.8. The third kappa shape index (κ3) is 3.64. The lowest BCUT2D eigenvalue weighted by atomic mass is 9.88. The third-order valence-electron chi connectivity index (χ3n) is 2.85. The van der Waals surface area contributed by atoms with Gasteiger partial charge in [-0.05, 0) is 18.8 Å². The maximum Gasteiger partial charge on any atom is 0.236 e. The number of hydrogen-bond acceptors (Lipinski definition) is 3. The zero-order valence-electron chi connectivity index (χ0n) is 8.79. The average molecular weight is 200 g/mol. The SMILES string of the molecule is CC1CCCCC1OCCC(=O)NN. The van der Waals surface area contributed by atoms with Gasteiger partial charge in [-0.3, -0.25) is 10.2 Å². The van der Waals surface area contributed by atoms with Crippen molar-refractivity contribution in [2.45, 2.75) is 45.1 Å². The lowest BCUT2D eigenvalue weighted by molar-refractivity contribution is -0.123. The van der Waals surface area contributed by atoms with Gasteiger partial charge in [-0.1, -0.05) is 19.8 Å². The quantitative estimate of drug-likeness (QED) is 0.403. The van der Waals surface area contributed by atoms with E-state index in [0.29, 0.717) is 25.0 Å². The van der Waals surface area contributed by atoms with Gasteiger partial charge in [-0.2, -0.15) is 0 Å². The van der Waals surface area contributed by atoms with Gasteiger partial charge in [0, 0.05) is 0 Å². The van der Waals surface area contributed by atoms with Crippen LogP contribution in [0.5, 0.6) is 0 Å². The molecule has 2 unspecified atom stereocenters. The van der Waals surface area contributed by atoms with Gasteiger partial charge in [0.15, 0.2) is 0 Å². The van der Waals surface area contributed by atoms with Crippen molar-refractivity contribution in [3.8, 4) is 0 Å². The van der Waals surface area contributed by atoms with Crippen LogP contribution in [0.25, 0.3) is 0 Å². The lowest BCUT2D eigenvalue weighted by Gasteiger charge is -2.28. The van der Waals surface area contributed by atoms with Crippen molar-refractivity contribution in [1.82, 2.24) is 5.43 Å². The van der Waals surface area contributed by atoms with Gasteiger partial charge in [0.1, 0.15) is 0 Å². The molecule has 0 aromatic rings. The van der Waals surface area contributed by atoms with Crippen LogP contribution in [0, 0.1) is 5.92 Å². The average Bonchev–Trinajstić information content (AvgIpc) is 2.20. The molecule has 1 aliphatic rings. The number of hydrazine groups is 1. The largest absolute Gasteiger partial charge is 0.377 e. The van der Waals surface area contributed by atoms with Gasteiger partial charge >= 0.3 is 0 Å². The Kier molecular flexibility index (Phi) is 4.90. The number of ether oxygens (including phenoxy) is 1. The van der Waals surface area contributed by atoms with Crippen molar-refractivity contribution in [1.29, 1.82) is 0 Å². The van der Waals surface area contributed by atoms with Crippen molar-refractivity contribution in [3.05, 3.63) is 0 Å². The molecule has 0 heterocycles. The molecule has 1 amide bonds. The van der Waals surface area contributed by atoms with Crippen molar-refractivity contribution in [2.24, 2.45) is 11.8 Å². The van der Waals surface area contributed by atoms with E-state index in [1.165, 1.54) is 19.3 Å². The second-order valence-electron chi connectivity index (χ2n) is 3.99. The Morgan fingerprint density at radius 2 is 2.21 bits per heavy atom. The number of nitrogens with two attached hydrogens (primary N) is 1. The molecule has 0 radical (unpaired) electrons. The van der Waals surface area contributed by atoms with Crippen molar-refractivity contribution < 1.29 is 9.53 Å². The molecule has 0 bridgehead atoms. The van der Waals surface area contributed by atoms with E-state index in [2.05, 4.69) is 12.3 Å².